The van der Waals surface area contributed by atoms with Crippen LogP contribution in [0.2, 0.25) is 0 Å². The van der Waals surface area contributed by atoms with Crippen molar-refractivity contribution in [1.82, 2.24) is 5.32 Å². The molecule has 1 aliphatic rings. The summed E-state index contributed by atoms with van der Waals surface area (Å²) >= 11 is 1.50. The van der Waals surface area contributed by atoms with E-state index in [4.69, 9.17) is 4.74 Å². The van der Waals surface area contributed by atoms with Gasteiger partial charge in [-0.05, 0) is 29.0 Å². The van der Waals surface area contributed by atoms with Crippen LogP contribution in [-0.2, 0) is 9.53 Å². The van der Waals surface area contributed by atoms with E-state index in [0.29, 0.717) is 18.9 Å². The van der Waals surface area contributed by atoms with Gasteiger partial charge in [-0.2, -0.15) is 0 Å². The first-order valence-electron chi connectivity index (χ1n) is 9.29. The normalized spacial score (nSPS) is 12.1. The van der Waals surface area contributed by atoms with Gasteiger partial charge in [0.15, 0.2) is 5.78 Å². The standard InChI is InChI=1S/C23H21NO3S/c1-27-13-5-12-24-21(25)14-28-20-11-10-16-15-6-2-3-7-17(15)23(26)19-9-4-8-18(20)22(16)19/h2-4,6-11H,5,12-14H2,1H3,(H,24,25). The van der Waals surface area contributed by atoms with E-state index in [1.54, 1.807) is 7.11 Å². The highest BCUT2D eigenvalue weighted by Gasteiger charge is 2.25. The van der Waals surface area contributed by atoms with Crippen LogP contribution in [0.25, 0.3) is 21.9 Å². The Bertz CT molecular complexity index is 1060. The Morgan fingerprint density at radius 2 is 1.75 bits per heavy atom. The molecule has 0 heterocycles. The van der Waals surface area contributed by atoms with Gasteiger partial charge in [0.25, 0.3) is 0 Å². The summed E-state index contributed by atoms with van der Waals surface area (Å²) in [5, 5.41) is 4.91. The number of thioether (sulfide) groups is 1. The zero-order valence-corrected chi connectivity index (χ0v) is 16.5. The van der Waals surface area contributed by atoms with Crippen LogP contribution in [0.3, 0.4) is 0 Å². The highest BCUT2D eigenvalue weighted by Crippen LogP contribution is 2.42. The van der Waals surface area contributed by atoms with E-state index in [-0.39, 0.29) is 11.7 Å². The third-order valence-corrected chi connectivity index (χ3v) is 5.99. The molecule has 0 spiro atoms. The molecular formula is C23H21NO3S. The molecule has 5 heteroatoms. The lowest BCUT2D eigenvalue weighted by Crippen LogP contribution is -2.26. The van der Waals surface area contributed by atoms with Gasteiger partial charge in [0.05, 0.1) is 5.75 Å². The lowest BCUT2D eigenvalue weighted by Gasteiger charge is -2.21. The second-order valence-corrected chi connectivity index (χ2v) is 7.72. The number of fused-ring (bicyclic) bond motifs is 2. The van der Waals surface area contributed by atoms with Crippen molar-refractivity contribution in [2.24, 2.45) is 0 Å². The predicted octanol–water partition coefficient (Wildman–Crippen LogP) is 4.30. The van der Waals surface area contributed by atoms with Gasteiger partial charge in [-0.1, -0.05) is 48.5 Å². The monoisotopic (exact) mass is 391 g/mol. The second kappa shape index (κ2) is 8.17. The first kappa shape index (κ1) is 18.7. The molecule has 28 heavy (non-hydrogen) atoms. The van der Waals surface area contributed by atoms with E-state index >= 15 is 0 Å². The summed E-state index contributed by atoms with van der Waals surface area (Å²) in [4.78, 5) is 26.1. The molecule has 0 unspecified atom stereocenters. The van der Waals surface area contributed by atoms with Gasteiger partial charge in [-0.15, -0.1) is 11.8 Å². The number of carbonyl (C=O) groups excluding carboxylic acids is 2. The summed E-state index contributed by atoms with van der Waals surface area (Å²) in [7, 11) is 1.65. The minimum Gasteiger partial charge on any atom is -0.385 e. The molecule has 0 bridgehead atoms. The maximum atomic E-state index is 13.0. The van der Waals surface area contributed by atoms with Crippen molar-refractivity contribution in [2.45, 2.75) is 11.3 Å². The Morgan fingerprint density at radius 1 is 0.964 bits per heavy atom. The van der Waals surface area contributed by atoms with Crippen molar-refractivity contribution in [1.29, 1.82) is 0 Å². The van der Waals surface area contributed by atoms with Crippen molar-refractivity contribution in [3.63, 3.8) is 0 Å². The van der Waals surface area contributed by atoms with Crippen LogP contribution >= 0.6 is 11.8 Å². The maximum absolute atomic E-state index is 13.0. The van der Waals surface area contributed by atoms with Gasteiger partial charge in [0, 0.05) is 41.7 Å². The molecule has 1 amide bonds. The smallest absolute Gasteiger partial charge is 0.230 e. The van der Waals surface area contributed by atoms with Crippen molar-refractivity contribution in [2.75, 3.05) is 26.0 Å². The van der Waals surface area contributed by atoms with Crippen molar-refractivity contribution >= 4 is 34.2 Å². The molecule has 1 aliphatic carbocycles. The van der Waals surface area contributed by atoms with Crippen LogP contribution in [0, 0.1) is 0 Å². The molecule has 4 nitrogen and oxygen atoms in total. The summed E-state index contributed by atoms with van der Waals surface area (Å²) in [6.45, 7) is 1.25. The fraction of sp³-hybridized carbons (Fsp3) is 0.217. The van der Waals surface area contributed by atoms with E-state index in [1.165, 1.54) is 11.8 Å². The molecule has 142 valence electrons. The molecule has 0 atom stereocenters. The number of hydrogen-bond donors (Lipinski definition) is 1. The summed E-state index contributed by atoms with van der Waals surface area (Å²) in [5.74, 6) is 0.408. The Hall–Kier alpha value is -2.63. The number of benzene rings is 3. The van der Waals surface area contributed by atoms with Crippen LogP contribution in [0.1, 0.15) is 22.3 Å². The summed E-state index contributed by atoms with van der Waals surface area (Å²) in [6, 6.07) is 17.7. The number of nitrogens with one attached hydrogen (secondary N) is 1. The zero-order valence-electron chi connectivity index (χ0n) is 15.7. The van der Waals surface area contributed by atoms with E-state index in [2.05, 4.69) is 17.4 Å². The van der Waals surface area contributed by atoms with Gasteiger partial charge in [0.1, 0.15) is 0 Å². The quantitative estimate of drug-likeness (QED) is 0.377. The molecule has 0 aliphatic heterocycles. The molecule has 0 saturated carbocycles. The van der Waals surface area contributed by atoms with Crippen LogP contribution in [-0.4, -0.2) is 37.7 Å². The molecule has 0 fully saturated rings. The Kier molecular flexibility index (Phi) is 5.46. The third-order valence-electron chi connectivity index (χ3n) is 4.91. The van der Waals surface area contributed by atoms with E-state index in [1.807, 2.05) is 42.5 Å². The lowest BCUT2D eigenvalue weighted by molar-refractivity contribution is -0.118. The topological polar surface area (TPSA) is 55.4 Å². The zero-order chi connectivity index (χ0) is 19.5. The lowest BCUT2D eigenvalue weighted by atomic mass is 9.83. The maximum Gasteiger partial charge on any atom is 0.230 e. The van der Waals surface area contributed by atoms with Gasteiger partial charge in [-0.25, -0.2) is 0 Å². The number of rotatable bonds is 7. The van der Waals surface area contributed by atoms with Crippen LogP contribution in [0.4, 0.5) is 0 Å². The van der Waals surface area contributed by atoms with E-state index in [0.717, 1.165) is 44.3 Å². The SMILES string of the molecule is COCCCNC(=O)CSc1ccc2c3c(cccc13)C(=O)c1ccccc1-2. The Labute approximate surface area is 168 Å². The Balaban J connectivity index is 1.62. The van der Waals surface area contributed by atoms with E-state index in [9.17, 15) is 9.59 Å². The number of ether oxygens (including phenoxy) is 1. The van der Waals surface area contributed by atoms with Crippen molar-refractivity contribution in [3.05, 3.63) is 65.7 Å². The van der Waals surface area contributed by atoms with Crippen LogP contribution in [0.15, 0.2) is 59.5 Å². The summed E-state index contributed by atoms with van der Waals surface area (Å²) in [5.41, 5.74) is 3.54. The predicted molar refractivity (Wildman–Crippen MR) is 113 cm³/mol. The minimum atomic E-state index is 0.00278. The molecule has 3 aromatic rings. The second-order valence-electron chi connectivity index (χ2n) is 6.70. The summed E-state index contributed by atoms with van der Waals surface area (Å²) in [6.07, 6.45) is 0.801. The molecule has 4 rings (SSSR count). The highest BCUT2D eigenvalue weighted by atomic mass is 32.2. The molecule has 3 aromatic carbocycles. The molecule has 0 saturated heterocycles. The number of hydrogen-bond acceptors (Lipinski definition) is 4. The van der Waals surface area contributed by atoms with Gasteiger partial charge >= 0.3 is 0 Å². The fourth-order valence-electron chi connectivity index (χ4n) is 3.62. The van der Waals surface area contributed by atoms with Gasteiger partial charge in [-0.3, -0.25) is 9.59 Å². The molecule has 0 radical (unpaired) electrons. The number of carbonyl (C=O) groups is 2. The molecular weight excluding hydrogens is 370 g/mol. The molecule has 0 aromatic heterocycles. The first-order valence-corrected chi connectivity index (χ1v) is 10.3. The van der Waals surface area contributed by atoms with Crippen LogP contribution < -0.4 is 5.32 Å². The third kappa shape index (κ3) is 3.43. The fourth-order valence-corrected chi connectivity index (χ4v) is 4.50. The summed E-state index contributed by atoms with van der Waals surface area (Å²) < 4.78 is 4.99. The van der Waals surface area contributed by atoms with Crippen molar-refractivity contribution in [3.8, 4) is 11.1 Å². The first-order chi connectivity index (χ1) is 13.7. The highest BCUT2D eigenvalue weighted by molar-refractivity contribution is 8.00. The van der Waals surface area contributed by atoms with Crippen LogP contribution in [0.5, 0.6) is 0 Å². The van der Waals surface area contributed by atoms with Crippen molar-refractivity contribution < 1.29 is 14.3 Å². The molecule has 1 N–H and O–H groups in total. The number of methoxy groups -OCH3 is 1. The van der Waals surface area contributed by atoms with Gasteiger partial charge in [0.2, 0.25) is 5.91 Å². The largest absolute Gasteiger partial charge is 0.385 e. The average molecular weight is 391 g/mol. The number of ketones is 1. The van der Waals surface area contributed by atoms with Gasteiger partial charge < -0.3 is 10.1 Å². The van der Waals surface area contributed by atoms with E-state index < -0.39 is 0 Å². The minimum absolute atomic E-state index is 0.00278. The number of amides is 1. The Morgan fingerprint density at radius 3 is 2.57 bits per heavy atom. The average Bonchev–Trinajstić information content (AvgIpc) is 2.73.